The average molecular weight is 258 g/mol. The van der Waals surface area contributed by atoms with Crippen molar-refractivity contribution in [2.45, 2.75) is 6.42 Å². The van der Waals surface area contributed by atoms with Gasteiger partial charge >= 0.3 is 0 Å². The average Bonchev–Trinajstić information content (AvgIpc) is 2.46. The summed E-state index contributed by atoms with van der Waals surface area (Å²) in [6.07, 6.45) is 3.53. The Morgan fingerprint density at radius 3 is 2.74 bits per heavy atom. The molecule has 2 aliphatic rings. The van der Waals surface area contributed by atoms with Crippen molar-refractivity contribution in [3.63, 3.8) is 0 Å². The van der Waals surface area contributed by atoms with Gasteiger partial charge in [0.05, 0.1) is 6.54 Å². The minimum atomic E-state index is 1.16. The Morgan fingerprint density at radius 1 is 1.11 bits per heavy atom. The van der Waals surface area contributed by atoms with E-state index in [9.17, 15) is 0 Å². The van der Waals surface area contributed by atoms with Gasteiger partial charge in [0, 0.05) is 38.2 Å². The number of nitrogens with zero attached hydrogens (tertiary/aromatic N) is 3. The predicted molar refractivity (Wildman–Crippen MR) is 79.2 cm³/mol. The zero-order valence-electron chi connectivity index (χ0n) is 11.9. The highest BCUT2D eigenvalue weighted by molar-refractivity contribution is 5.78. The van der Waals surface area contributed by atoms with E-state index in [1.807, 2.05) is 0 Å². The van der Waals surface area contributed by atoms with Gasteiger partial charge in [-0.25, -0.2) is 4.58 Å². The third-order valence-electron chi connectivity index (χ3n) is 4.34. The Labute approximate surface area is 116 Å². The molecule has 0 aliphatic carbocycles. The molecule has 3 nitrogen and oxygen atoms in total. The fourth-order valence-electron chi connectivity index (χ4n) is 2.93. The van der Waals surface area contributed by atoms with Crippen LogP contribution in [-0.2, 0) is 6.42 Å². The van der Waals surface area contributed by atoms with Crippen LogP contribution in [0.1, 0.15) is 11.1 Å². The fraction of sp³-hybridized carbons (Fsp3) is 0.562. The van der Waals surface area contributed by atoms with Crippen LogP contribution in [0.5, 0.6) is 0 Å². The summed E-state index contributed by atoms with van der Waals surface area (Å²) in [5.74, 6) is 0. The van der Waals surface area contributed by atoms with E-state index in [0.717, 1.165) is 6.54 Å². The lowest BCUT2D eigenvalue weighted by molar-refractivity contribution is -0.524. The van der Waals surface area contributed by atoms with E-state index in [-0.39, 0.29) is 0 Å². The molecule has 0 radical (unpaired) electrons. The van der Waals surface area contributed by atoms with Crippen molar-refractivity contribution >= 4 is 6.21 Å². The second-order valence-corrected chi connectivity index (χ2v) is 5.76. The molecule has 0 spiro atoms. The van der Waals surface area contributed by atoms with E-state index in [0.29, 0.717) is 0 Å². The summed E-state index contributed by atoms with van der Waals surface area (Å²) in [6.45, 7) is 8.41. The smallest absolute Gasteiger partial charge is 0.171 e. The highest BCUT2D eigenvalue weighted by Crippen LogP contribution is 2.11. The predicted octanol–water partition coefficient (Wildman–Crippen LogP) is 0.921. The Kier molecular flexibility index (Phi) is 3.95. The minimum Gasteiger partial charge on any atom is -0.304 e. The Bertz CT molecular complexity index is 459. The minimum absolute atomic E-state index is 1.16. The molecule has 0 atom stereocenters. The quantitative estimate of drug-likeness (QED) is 0.746. The molecule has 102 valence electrons. The largest absolute Gasteiger partial charge is 0.304 e. The molecule has 2 heterocycles. The van der Waals surface area contributed by atoms with Crippen LogP contribution in [0, 0.1) is 0 Å². The first-order valence-electron chi connectivity index (χ1n) is 7.39. The van der Waals surface area contributed by atoms with Gasteiger partial charge < -0.3 is 4.90 Å². The molecular formula is C16H24N3+. The van der Waals surface area contributed by atoms with Crippen molar-refractivity contribution in [1.82, 2.24) is 9.80 Å². The van der Waals surface area contributed by atoms with Crippen LogP contribution >= 0.6 is 0 Å². The maximum atomic E-state index is 2.59. The van der Waals surface area contributed by atoms with Crippen molar-refractivity contribution in [3.05, 3.63) is 35.4 Å². The van der Waals surface area contributed by atoms with Gasteiger partial charge in [-0.3, -0.25) is 4.90 Å². The van der Waals surface area contributed by atoms with E-state index in [1.54, 1.807) is 0 Å². The third-order valence-corrected chi connectivity index (χ3v) is 4.34. The summed E-state index contributed by atoms with van der Waals surface area (Å²) in [4.78, 5) is 5.01. The topological polar surface area (TPSA) is 9.49 Å². The first-order chi connectivity index (χ1) is 9.31. The van der Waals surface area contributed by atoms with Gasteiger partial charge in [-0.1, -0.05) is 18.2 Å². The van der Waals surface area contributed by atoms with Crippen molar-refractivity contribution < 1.29 is 4.58 Å². The van der Waals surface area contributed by atoms with Gasteiger partial charge in [0.2, 0.25) is 0 Å². The van der Waals surface area contributed by atoms with Gasteiger partial charge in [-0.2, -0.15) is 0 Å². The van der Waals surface area contributed by atoms with Crippen molar-refractivity contribution in [2.24, 2.45) is 0 Å². The number of piperazine rings is 1. The lowest BCUT2D eigenvalue weighted by Crippen LogP contribution is -2.46. The molecule has 2 aliphatic heterocycles. The number of fused-ring (bicyclic) bond motifs is 1. The second-order valence-electron chi connectivity index (χ2n) is 5.76. The van der Waals surface area contributed by atoms with E-state index in [1.165, 1.54) is 56.8 Å². The molecule has 0 bridgehead atoms. The van der Waals surface area contributed by atoms with Gasteiger partial charge in [0.15, 0.2) is 12.8 Å². The van der Waals surface area contributed by atoms with Crippen LogP contribution in [0.15, 0.2) is 24.3 Å². The first kappa shape index (κ1) is 12.8. The standard InChI is InChI=1S/C16H24N3/c1-17-8-10-18(11-9-17)12-13-19-7-6-15-4-2-3-5-16(15)14-19/h2-5,14H,6-13H2,1H3/q+1. The Morgan fingerprint density at radius 2 is 1.89 bits per heavy atom. The summed E-state index contributed by atoms with van der Waals surface area (Å²) < 4.78 is 2.49. The van der Waals surface area contributed by atoms with E-state index < -0.39 is 0 Å². The molecule has 0 N–H and O–H groups in total. The molecule has 3 heteroatoms. The molecule has 0 aromatic heterocycles. The molecule has 0 unspecified atom stereocenters. The molecule has 19 heavy (non-hydrogen) atoms. The summed E-state index contributed by atoms with van der Waals surface area (Å²) in [6, 6.07) is 8.77. The number of likely N-dealkylation sites (N-methyl/N-ethyl adjacent to an activating group) is 1. The van der Waals surface area contributed by atoms with Crippen LogP contribution in [0.25, 0.3) is 0 Å². The van der Waals surface area contributed by atoms with Gasteiger partial charge in [0.1, 0.15) is 6.54 Å². The van der Waals surface area contributed by atoms with E-state index in [2.05, 4.69) is 51.9 Å². The molecule has 0 saturated carbocycles. The van der Waals surface area contributed by atoms with Crippen molar-refractivity contribution in [2.75, 3.05) is 52.9 Å². The van der Waals surface area contributed by atoms with Gasteiger partial charge in [0.25, 0.3) is 0 Å². The fourth-order valence-corrected chi connectivity index (χ4v) is 2.93. The number of hydrogen-bond donors (Lipinski definition) is 0. The number of benzene rings is 1. The highest BCUT2D eigenvalue weighted by Gasteiger charge is 2.18. The summed E-state index contributed by atoms with van der Waals surface area (Å²) in [5, 5.41) is 0. The summed E-state index contributed by atoms with van der Waals surface area (Å²) >= 11 is 0. The van der Waals surface area contributed by atoms with E-state index >= 15 is 0 Å². The zero-order valence-corrected chi connectivity index (χ0v) is 11.9. The van der Waals surface area contributed by atoms with Gasteiger partial charge in [-0.05, 0) is 18.7 Å². The van der Waals surface area contributed by atoms with Crippen LogP contribution in [0.2, 0.25) is 0 Å². The second kappa shape index (κ2) is 5.85. The molecule has 1 aromatic carbocycles. The normalized spacial score (nSPS) is 21.0. The number of rotatable bonds is 3. The van der Waals surface area contributed by atoms with Crippen LogP contribution in [-0.4, -0.2) is 73.5 Å². The first-order valence-corrected chi connectivity index (χ1v) is 7.39. The molecule has 3 rings (SSSR count). The molecule has 1 fully saturated rings. The maximum absolute atomic E-state index is 2.59. The van der Waals surface area contributed by atoms with Crippen molar-refractivity contribution in [1.29, 1.82) is 0 Å². The van der Waals surface area contributed by atoms with Crippen LogP contribution < -0.4 is 0 Å². The zero-order chi connectivity index (χ0) is 13.1. The SMILES string of the molecule is CN1CCN(CC[N+]2=Cc3ccccc3CC2)CC1. The Hall–Kier alpha value is -1.19. The monoisotopic (exact) mass is 258 g/mol. The molecule has 1 saturated heterocycles. The van der Waals surface area contributed by atoms with E-state index in [4.69, 9.17) is 0 Å². The maximum Gasteiger partial charge on any atom is 0.171 e. The van der Waals surface area contributed by atoms with Gasteiger partial charge in [-0.15, -0.1) is 0 Å². The third kappa shape index (κ3) is 3.23. The van der Waals surface area contributed by atoms with Crippen molar-refractivity contribution in [3.8, 4) is 0 Å². The highest BCUT2D eigenvalue weighted by atomic mass is 15.3. The summed E-state index contributed by atoms with van der Waals surface area (Å²) in [5.41, 5.74) is 2.91. The lowest BCUT2D eigenvalue weighted by Gasteiger charge is -2.31. The Balaban J connectivity index is 1.55. The van der Waals surface area contributed by atoms with Crippen LogP contribution in [0.3, 0.4) is 0 Å². The molecule has 1 aromatic rings. The molecule has 0 amide bonds. The molecular weight excluding hydrogens is 234 g/mol. The number of hydrogen-bond acceptors (Lipinski definition) is 2. The van der Waals surface area contributed by atoms with Crippen LogP contribution in [0.4, 0.5) is 0 Å². The lowest BCUT2D eigenvalue weighted by atomic mass is 10.0. The summed E-state index contributed by atoms with van der Waals surface area (Å²) in [7, 11) is 2.21.